The Kier molecular flexibility index (Phi) is 4.50. The number of hydrogen-bond donors (Lipinski definition) is 2. The van der Waals surface area contributed by atoms with Crippen LogP contribution in [0, 0.1) is 0 Å². The second-order valence-corrected chi connectivity index (χ2v) is 5.88. The van der Waals surface area contributed by atoms with Gasteiger partial charge in [0.2, 0.25) is 0 Å². The van der Waals surface area contributed by atoms with Crippen LogP contribution < -0.4 is 4.72 Å². The van der Waals surface area contributed by atoms with Crippen molar-refractivity contribution >= 4 is 10.2 Å². The third-order valence-electron chi connectivity index (χ3n) is 2.54. The van der Waals surface area contributed by atoms with Gasteiger partial charge in [0.05, 0.1) is 0 Å². The number of nitrogens with zero attached hydrogens (tertiary/aromatic N) is 1. The molecule has 0 aromatic heterocycles. The van der Waals surface area contributed by atoms with Crippen molar-refractivity contribution in [3.05, 3.63) is 29.8 Å². The second kappa shape index (κ2) is 5.48. The summed E-state index contributed by atoms with van der Waals surface area (Å²) in [6, 6.07) is 6.52. The Morgan fingerprint density at radius 2 is 1.94 bits per heavy atom. The summed E-state index contributed by atoms with van der Waals surface area (Å²) in [5.74, 6) is 0.0856. The zero-order chi connectivity index (χ0) is 13.1. The standard InChI is InChI=1S/C11H18N2O3S/c1-9(2)13(3)17(15,16)12-8-10-6-4-5-7-11(10)14/h4-7,9,12,14H,8H2,1-3H3. The van der Waals surface area contributed by atoms with Crippen LogP contribution in [0.25, 0.3) is 0 Å². The van der Waals surface area contributed by atoms with Crippen LogP contribution >= 0.6 is 0 Å². The summed E-state index contributed by atoms with van der Waals surface area (Å²) >= 11 is 0. The monoisotopic (exact) mass is 258 g/mol. The van der Waals surface area contributed by atoms with E-state index in [0.717, 1.165) is 0 Å². The molecule has 96 valence electrons. The summed E-state index contributed by atoms with van der Waals surface area (Å²) in [6.07, 6.45) is 0. The highest BCUT2D eigenvalue weighted by Crippen LogP contribution is 2.15. The fourth-order valence-corrected chi connectivity index (χ4v) is 2.31. The fraction of sp³-hybridized carbons (Fsp3) is 0.455. The Balaban J connectivity index is 2.72. The number of aromatic hydroxyl groups is 1. The molecular weight excluding hydrogens is 240 g/mol. The second-order valence-electron chi connectivity index (χ2n) is 4.06. The molecule has 0 aliphatic carbocycles. The van der Waals surface area contributed by atoms with Gasteiger partial charge < -0.3 is 5.11 Å². The molecule has 17 heavy (non-hydrogen) atoms. The lowest BCUT2D eigenvalue weighted by atomic mass is 10.2. The Hall–Kier alpha value is -1.11. The number of hydrogen-bond acceptors (Lipinski definition) is 3. The van der Waals surface area contributed by atoms with E-state index in [0.29, 0.717) is 5.56 Å². The van der Waals surface area contributed by atoms with Gasteiger partial charge in [0, 0.05) is 25.2 Å². The molecule has 1 aromatic carbocycles. The molecule has 0 atom stereocenters. The molecule has 0 aliphatic rings. The van der Waals surface area contributed by atoms with Crippen molar-refractivity contribution in [2.24, 2.45) is 0 Å². The van der Waals surface area contributed by atoms with Crippen LogP contribution in [-0.2, 0) is 16.8 Å². The zero-order valence-electron chi connectivity index (χ0n) is 10.2. The van der Waals surface area contributed by atoms with E-state index in [1.807, 2.05) is 0 Å². The topological polar surface area (TPSA) is 69.6 Å². The Labute approximate surface area is 102 Å². The molecule has 1 aromatic rings. The summed E-state index contributed by atoms with van der Waals surface area (Å²) in [4.78, 5) is 0. The zero-order valence-corrected chi connectivity index (χ0v) is 11.0. The van der Waals surface area contributed by atoms with Crippen molar-refractivity contribution in [2.75, 3.05) is 7.05 Å². The minimum Gasteiger partial charge on any atom is -0.508 e. The molecule has 0 amide bonds. The van der Waals surface area contributed by atoms with E-state index in [9.17, 15) is 13.5 Å². The van der Waals surface area contributed by atoms with E-state index in [-0.39, 0.29) is 18.3 Å². The maximum absolute atomic E-state index is 11.8. The van der Waals surface area contributed by atoms with Crippen molar-refractivity contribution in [3.8, 4) is 5.75 Å². The van der Waals surface area contributed by atoms with Gasteiger partial charge in [-0.3, -0.25) is 0 Å². The van der Waals surface area contributed by atoms with Gasteiger partial charge in [-0.1, -0.05) is 18.2 Å². The molecule has 0 bridgehead atoms. The van der Waals surface area contributed by atoms with Gasteiger partial charge in [-0.15, -0.1) is 0 Å². The van der Waals surface area contributed by atoms with E-state index in [1.165, 1.54) is 17.4 Å². The highest BCUT2D eigenvalue weighted by molar-refractivity contribution is 7.87. The van der Waals surface area contributed by atoms with E-state index < -0.39 is 10.2 Å². The largest absolute Gasteiger partial charge is 0.508 e. The van der Waals surface area contributed by atoms with E-state index >= 15 is 0 Å². The average molecular weight is 258 g/mol. The summed E-state index contributed by atoms with van der Waals surface area (Å²) in [5, 5.41) is 9.51. The van der Waals surface area contributed by atoms with Crippen LogP contribution in [0.5, 0.6) is 5.75 Å². The van der Waals surface area contributed by atoms with Gasteiger partial charge >= 0.3 is 0 Å². The minimum atomic E-state index is -3.50. The van der Waals surface area contributed by atoms with Crippen molar-refractivity contribution < 1.29 is 13.5 Å². The molecule has 0 spiro atoms. The highest BCUT2D eigenvalue weighted by Gasteiger charge is 2.19. The molecule has 0 radical (unpaired) electrons. The molecule has 0 saturated heterocycles. The smallest absolute Gasteiger partial charge is 0.279 e. The molecule has 6 heteroatoms. The summed E-state index contributed by atoms with van der Waals surface area (Å²) < 4.78 is 27.3. The van der Waals surface area contributed by atoms with Gasteiger partial charge in [-0.05, 0) is 19.9 Å². The number of phenols is 1. The van der Waals surface area contributed by atoms with Crippen molar-refractivity contribution in [3.63, 3.8) is 0 Å². The molecule has 0 saturated carbocycles. The molecule has 0 heterocycles. The van der Waals surface area contributed by atoms with Crippen LogP contribution in [0.3, 0.4) is 0 Å². The first-order valence-electron chi connectivity index (χ1n) is 5.34. The maximum Gasteiger partial charge on any atom is 0.279 e. The minimum absolute atomic E-state index is 0.0755. The first-order valence-corrected chi connectivity index (χ1v) is 6.78. The Bertz CT molecular complexity index is 471. The SMILES string of the molecule is CC(C)N(C)S(=O)(=O)NCc1ccccc1O. The van der Waals surface area contributed by atoms with E-state index in [2.05, 4.69) is 4.72 Å². The normalized spacial score (nSPS) is 12.3. The number of phenolic OH excluding ortho intramolecular Hbond substituents is 1. The number of benzene rings is 1. The number of para-hydroxylation sites is 1. The molecule has 2 N–H and O–H groups in total. The predicted octanol–water partition coefficient (Wildman–Crippen LogP) is 1.07. The van der Waals surface area contributed by atoms with Gasteiger partial charge in [0.1, 0.15) is 5.75 Å². The van der Waals surface area contributed by atoms with Crippen LogP contribution in [0.2, 0.25) is 0 Å². The third kappa shape index (κ3) is 3.69. The lowest BCUT2D eigenvalue weighted by Crippen LogP contribution is -2.41. The molecule has 0 aliphatic heterocycles. The maximum atomic E-state index is 11.8. The lowest BCUT2D eigenvalue weighted by Gasteiger charge is -2.21. The van der Waals surface area contributed by atoms with Crippen molar-refractivity contribution in [1.82, 2.24) is 9.03 Å². The van der Waals surface area contributed by atoms with Gasteiger partial charge in [-0.25, -0.2) is 0 Å². The highest BCUT2D eigenvalue weighted by atomic mass is 32.2. The van der Waals surface area contributed by atoms with Gasteiger partial charge in [0.15, 0.2) is 0 Å². The summed E-state index contributed by atoms with van der Waals surface area (Å²) in [6.45, 7) is 3.66. The van der Waals surface area contributed by atoms with E-state index in [4.69, 9.17) is 0 Å². The quantitative estimate of drug-likeness (QED) is 0.830. The van der Waals surface area contributed by atoms with E-state index in [1.54, 1.807) is 32.0 Å². The molecule has 5 nitrogen and oxygen atoms in total. The van der Waals surface area contributed by atoms with Crippen molar-refractivity contribution in [1.29, 1.82) is 0 Å². The summed E-state index contributed by atoms with van der Waals surface area (Å²) in [5.41, 5.74) is 0.549. The fourth-order valence-electron chi connectivity index (χ4n) is 1.21. The molecule has 1 rings (SSSR count). The summed E-state index contributed by atoms with van der Waals surface area (Å²) in [7, 11) is -1.99. The van der Waals surface area contributed by atoms with Crippen LogP contribution in [-0.4, -0.2) is 30.9 Å². The molecular formula is C11H18N2O3S. The average Bonchev–Trinajstić information content (AvgIpc) is 2.27. The third-order valence-corrected chi connectivity index (χ3v) is 4.23. The van der Waals surface area contributed by atoms with Gasteiger partial charge in [0.25, 0.3) is 10.2 Å². The molecule has 0 unspecified atom stereocenters. The number of nitrogens with one attached hydrogen (secondary N) is 1. The van der Waals surface area contributed by atoms with Crippen LogP contribution in [0.15, 0.2) is 24.3 Å². The predicted molar refractivity (Wildman–Crippen MR) is 66.8 cm³/mol. The van der Waals surface area contributed by atoms with Crippen LogP contribution in [0.4, 0.5) is 0 Å². The van der Waals surface area contributed by atoms with Gasteiger partial charge in [-0.2, -0.15) is 17.4 Å². The Morgan fingerprint density at radius 3 is 2.47 bits per heavy atom. The first kappa shape index (κ1) is 14.0. The number of rotatable bonds is 5. The van der Waals surface area contributed by atoms with Crippen molar-refractivity contribution in [2.45, 2.75) is 26.4 Å². The van der Waals surface area contributed by atoms with Crippen LogP contribution in [0.1, 0.15) is 19.4 Å². The first-order chi connectivity index (χ1) is 7.84. The molecule has 0 fully saturated rings. The lowest BCUT2D eigenvalue weighted by molar-refractivity contribution is 0.401. The Morgan fingerprint density at radius 1 is 1.35 bits per heavy atom.